The number of aryl methyl sites for hydroxylation is 1. The Morgan fingerprint density at radius 3 is 2.81 bits per heavy atom. The summed E-state index contributed by atoms with van der Waals surface area (Å²) in [6.45, 7) is 3.00. The minimum atomic E-state index is 0.201. The fourth-order valence-corrected chi connectivity index (χ4v) is 3.47. The van der Waals surface area contributed by atoms with E-state index in [2.05, 4.69) is 58.8 Å². The maximum absolute atomic E-state index is 5.74. The van der Waals surface area contributed by atoms with Crippen molar-refractivity contribution < 1.29 is 0 Å². The van der Waals surface area contributed by atoms with Crippen LogP contribution in [-0.2, 0) is 19.4 Å². The van der Waals surface area contributed by atoms with Crippen LogP contribution in [0.3, 0.4) is 0 Å². The molecule has 5 heteroatoms. The Hall–Kier alpha value is -1.69. The Bertz CT molecular complexity index is 702. The molecule has 110 valence electrons. The van der Waals surface area contributed by atoms with E-state index in [1.165, 1.54) is 15.8 Å². The topological polar surface area (TPSA) is 55.9 Å². The fourth-order valence-electron chi connectivity index (χ4n) is 2.68. The third kappa shape index (κ3) is 3.00. The first-order valence-corrected chi connectivity index (χ1v) is 8.12. The van der Waals surface area contributed by atoms with Crippen LogP contribution in [0.15, 0.2) is 41.8 Å². The molecule has 0 spiro atoms. The predicted octanol–water partition coefficient (Wildman–Crippen LogP) is 2.73. The molecule has 0 saturated carbocycles. The monoisotopic (exact) mass is 300 g/mol. The molecule has 1 atom stereocenters. The number of hydrogen-bond acceptors (Lipinski definition) is 4. The number of thiophene rings is 1. The highest BCUT2D eigenvalue weighted by Gasteiger charge is 2.15. The molecule has 3 rings (SSSR count). The van der Waals surface area contributed by atoms with Crippen LogP contribution in [0.1, 0.15) is 17.5 Å². The van der Waals surface area contributed by atoms with E-state index in [1.54, 1.807) is 11.3 Å². The van der Waals surface area contributed by atoms with Gasteiger partial charge in [0.05, 0.1) is 11.2 Å². The minimum absolute atomic E-state index is 0.201. The van der Waals surface area contributed by atoms with E-state index in [0.717, 1.165) is 25.1 Å². The number of aromatic nitrogens is 2. The number of nitrogens with one attached hydrogen (secondary N) is 1. The summed E-state index contributed by atoms with van der Waals surface area (Å²) in [5, 5.41) is 8.08. The zero-order chi connectivity index (χ0) is 14.7. The van der Waals surface area contributed by atoms with Gasteiger partial charge < -0.3 is 0 Å². The van der Waals surface area contributed by atoms with Gasteiger partial charge in [-0.15, -0.1) is 11.3 Å². The summed E-state index contributed by atoms with van der Waals surface area (Å²) in [7, 11) is 0. The number of nitrogens with zero attached hydrogens (tertiary/aromatic N) is 2. The van der Waals surface area contributed by atoms with Crippen LogP contribution >= 0.6 is 11.3 Å². The van der Waals surface area contributed by atoms with Gasteiger partial charge in [-0.2, -0.15) is 5.10 Å². The lowest BCUT2D eigenvalue weighted by Crippen LogP contribution is -2.38. The van der Waals surface area contributed by atoms with Crippen LogP contribution in [0.2, 0.25) is 0 Å². The van der Waals surface area contributed by atoms with Crippen LogP contribution in [0.25, 0.3) is 10.9 Å². The summed E-state index contributed by atoms with van der Waals surface area (Å²) < 4.78 is 2.06. The molecule has 2 heterocycles. The molecule has 4 nitrogen and oxygen atoms in total. The molecule has 0 amide bonds. The minimum Gasteiger partial charge on any atom is -0.271 e. The first-order valence-electron chi connectivity index (χ1n) is 7.24. The van der Waals surface area contributed by atoms with E-state index in [4.69, 9.17) is 10.9 Å². The van der Waals surface area contributed by atoms with Crippen molar-refractivity contribution in [1.29, 1.82) is 0 Å². The van der Waals surface area contributed by atoms with Gasteiger partial charge in [-0.3, -0.25) is 16.0 Å². The zero-order valence-corrected chi connectivity index (χ0v) is 12.9. The summed E-state index contributed by atoms with van der Waals surface area (Å²) in [5.41, 5.74) is 5.25. The molecule has 2 aromatic heterocycles. The number of nitrogens with two attached hydrogens (primary N) is 1. The molecular weight excluding hydrogens is 280 g/mol. The molecule has 0 aliphatic rings. The number of fused-ring (bicyclic) bond motifs is 1. The lowest BCUT2D eigenvalue weighted by Gasteiger charge is -2.13. The van der Waals surface area contributed by atoms with Gasteiger partial charge in [-0.1, -0.05) is 24.3 Å². The van der Waals surface area contributed by atoms with Crippen molar-refractivity contribution in [2.45, 2.75) is 32.4 Å². The largest absolute Gasteiger partial charge is 0.271 e. The van der Waals surface area contributed by atoms with Gasteiger partial charge in [0.1, 0.15) is 0 Å². The number of rotatable bonds is 6. The maximum Gasteiger partial charge on any atom is 0.0719 e. The maximum atomic E-state index is 5.74. The van der Waals surface area contributed by atoms with E-state index < -0.39 is 0 Å². The third-order valence-corrected chi connectivity index (χ3v) is 4.64. The normalized spacial score (nSPS) is 12.9. The number of hydrazine groups is 1. The molecule has 0 fully saturated rings. The van der Waals surface area contributed by atoms with Gasteiger partial charge in [0.25, 0.3) is 0 Å². The van der Waals surface area contributed by atoms with Gasteiger partial charge in [0.2, 0.25) is 0 Å². The SMILES string of the molecule is CCn1nc(CC(Cc2cccs2)NN)c2ccccc21. The average molecular weight is 300 g/mol. The fraction of sp³-hybridized carbons (Fsp3) is 0.312. The van der Waals surface area contributed by atoms with Crippen molar-refractivity contribution in [2.24, 2.45) is 5.84 Å². The van der Waals surface area contributed by atoms with E-state index in [1.807, 2.05) is 0 Å². The van der Waals surface area contributed by atoms with Crippen molar-refractivity contribution in [3.8, 4) is 0 Å². The standard InChI is InChI=1S/C16H20N4S/c1-2-20-16-8-4-3-7-14(16)15(19-20)11-12(18-17)10-13-6-5-9-21-13/h3-9,12,18H,2,10-11,17H2,1H3. The Balaban J connectivity index is 1.86. The third-order valence-electron chi connectivity index (χ3n) is 3.74. The van der Waals surface area contributed by atoms with Crippen molar-refractivity contribution in [2.75, 3.05) is 0 Å². The summed E-state index contributed by atoms with van der Waals surface area (Å²) in [5.74, 6) is 5.74. The smallest absolute Gasteiger partial charge is 0.0719 e. The van der Waals surface area contributed by atoms with Crippen molar-refractivity contribution in [1.82, 2.24) is 15.2 Å². The number of para-hydroxylation sites is 1. The lowest BCUT2D eigenvalue weighted by molar-refractivity contribution is 0.516. The van der Waals surface area contributed by atoms with E-state index in [9.17, 15) is 0 Å². The van der Waals surface area contributed by atoms with Crippen molar-refractivity contribution in [3.05, 3.63) is 52.3 Å². The average Bonchev–Trinajstić information content (AvgIpc) is 3.14. The quantitative estimate of drug-likeness (QED) is 0.543. The molecule has 3 N–H and O–H groups in total. The van der Waals surface area contributed by atoms with Gasteiger partial charge in [-0.25, -0.2) is 0 Å². The second-order valence-corrected chi connectivity index (χ2v) is 6.16. The highest BCUT2D eigenvalue weighted by atomic mass is 32.1. The Morgan fingerprint density at radius 1 is 1.24 bits per heavy atom. The van der Waals surface area contributed by atoms with E-state index >= 15 is 0 Å². The molecule has 0 aliphatic heterocycles. The first kappa shape index (κ1) is 14.3. The van der Waals surface area contributed by atoms with E-state index in [0.29, 0.717) is 0 Å². The Kier molecular flexibility index (Phi) is 4.34. The molecule has 0 aliphatic carbocycles. The summed E-state index contributed by atoms with van der Waals surface area (Å²) in [4.78, 5) is 1.34. The van der Waals surface area contributed by atoms with Gasteiger partial charge in [0.15, 0.2) is 0 Å². The highest BCUT2D eigenvalue weighted by Crippen LogP contribution is 2.21. The second kappa shape index (κ2) is 6.39. The molecule has 21 heavy (non-hydrogen) atoms. The molecule has 1 aromatic carbocycles. The Morgan fingerprint density at radius 2 is 2.10 bits per heavy atom. The van der Waals surface area contributed by atoms with Gasteiger partial charge in [0, 0.05) is 29.3 Å². The predicted molar refractivity (Wildman–Crippen MR) is 88.2 cm³/mol. The highest BCUT2D eigenvalue weighted by molar-refractivity contribution is 7.09. The Labute approximate surface area is 128 Å². The molecule has 0 radical (unpaired) electrons. The number of benzene rings is 1. The molecule has 0 bridgehead atoms. The molecular formula is C16H20N4S. The molecule has 3 aromatic rings. The van der Waals surface area contributed by atoms with E-state index in [-0.39, 0.29) is 6.04 Å². The second-order valence-electron chi connectivity index (χ2n) is 5.13. The van der Waals surface area contributed by atoms with Crippen LogP contribution in [0.4, 0.5) is 0 Å². The summed E-state index contributed by atoms with van der Waals surface area (Å²) >= 11 is 1.77. The summed E-state index contributed by atoms with van der Waals surface area (Å²) in [6, 6.07) is 12.8. The van der Waals surface area contributed by atoms with Crippen molar-refractivity contribution >= 4 is 22.2 Å². The van der Waals surface area contributed by atoms with Crippen LogP contribution in [0, 0.1) is 0 Å². The van der Waals surface area contributed by atoms with Crippen LogP contribution in [-0.4, -0.2) is 15.8 Å². The van der Waals surface area contributed by atoms with Gasteiger partial charge >= 0.3 is 0 Å². The first-order chi connectivity index (χ1) is 10.3. The number of hydrogen-bond donors (Lipinski definition) is 2. The van der Waals surface area contributed by atoms with Gasteiger partial charge in [-0.05, 0) is 30.9 Å². The van der Waals surface area contributed by atoms with Crippen molar-refractivity contribution in [3.63, 3.8) is 0 Å². The van der Waals surface area contributed by atoms with Crippen LogP contribution < -0.4 is 11.3 Å². The van der Waals surface area contributed by atoms with Crippen LogP contribution in [0.5, 0.6) is 0 Å². The zero-order valence-electron chi connectivity index (χ0n) is 12.1. The summed E-state index contributed by atoms with van der Waals surface area (Å²) in [6.07, 6.45) is 1.77. The molecule has 1 unspecified atom stereocenters. The lowest BCUT2D eigenvalue weighted by atomic mass is 10.0. The molecule has 0 saturated heterocycles.